The number of anilines is 1. The summed E-state index contributed by atoms with van der Waals surface area (Å²) in [4.78, 5) is 16.6. The Morgan fingerprint density at radius 1 is 0.931 bits per heavy atom. The predicted molar refractivity (Wildman–Crippen MR) is 113 cm³/mol. The molecule has 0 bridgehead atoms. The van der Waals surface area contributed by atoms with Crippen molar-refractivity contribution < 1.29 is 9.53 Å². The van der Waals surface area contributed by atoms with Gasteiger partial charge >= 0.3 is 0 Å². The highest BCUT2D eigenvalue weighted by atomic mass is 16.5. The Morgan fingerprint density at radius 2 is 1.76 bits per heavy atom. The Bertz CT molecular complexity index is 833. The number of amides is 1. The molecule has 0 spiro atoms. The van der Waals surface area contributed by atoms with E-state index < -0.39 is 0 Å². The number of ether oxygens (including phenoxy) is 1. The summed E-state index contributed by atoms with van der Waals surface area (Å²) in [5.74, 6) is 0.354. The Morgan fingerprint density at radius 3 is 2.45 bits per heavy atom. The van der Waals surface area contributed by atoms with Crippen LogP contribution in [0.25, 0.3) is 11.1 Å². The minimum absolute atomic E-state index is 0.0838. The van der Waals surface area contributed by atoms with Crippen LogP contribution in [-0.2, 0) is 9.53 Å². The largest absolute Gasteiger partial charge is 0.371 e. The molecule has 3 fully saturated rings. The van der Waals surface area contributed by atoms with Gasteiger partial charge in [0, 0.05) is 56.2 Å². The van der Waals surface area contributed by atoms with Crippen LogP contribution in [-0.4, -0.2) is 52.9 Å². The molecule has 3 aliphatic heterocycles. The van der Waals surface area contributed by atoms with E-state index in [4.69, 9.17) is 4.74 Å². The van der Waals surface area contributed by atoms with Gasteiger partial charge in [-0.3, -0.25) is 4.79 Å². The van der Waals surface area contributed by atoms with Crippen molar-refractivity contribution in [3.63, 3.8) is 0 Å². The van der Waals surface area contributed by atoms with E-state index in [0.717, 1.165) is 70.3 Å². The van der Waals surface area contributed by atoms with E-state index in [0.29, 0.717) is 11.9 Å². The number of piperidine rings is 1. The molecule has 6 nitrogen and oxygen atoms in total. The Hall–Kier alpha value is -2.34. The van der Waals surface area contributed by atoms with Crippen LogP contribution in [0.2, 0.25) is 0 Å². The molecule has 1 amide bonds. The molecule has 1 atom stereocenters. The monoisotopic (exact) mass is 394 g/mol. The molecule has 6 heteroatoms. The summed E-state index contributed by atoms with van der Waals surface area (Å²) in [7, 11) is 0. The van der Waals surface area contributed by atoms with Gasteiger partial charge in [-0.05, 0) is 56.2 Å². The lowest BCUT2D eigenvalue weighted by Crippen LogP contribution is -2.45. The average Bonchev–Trinajstić information content (AvgIpc) is 3.44. The fourth-order valence-electron chi connectivity index (χ4n) is 4.93. The number of likely N-dealkylation sites (tertiary alicyclic amines) is 1. The molecule has 5 rings (SSSR count). The third-order valence-electron chi connectivity index (χ3n) is 6.63. The molecule has 3 aliphatic rings. The van der Waals surface area contributed by atoms with Crippen LogP contribution in [0.5, 0.6) is 0 Å². The summed E-state index contributed by atoms with van der Waals surface area (Å²) < 4.78 is 7.80. The van der Waals surface area contributed by atoms with Crippen molar-refractivity contribution in [2.45, 2.75) is 57.2 Å². The first-order chi connectivity index (χ1) is 14.3. The number of carbonyl (C=O) groups excluding carboxylic acids is 1. The number of nitrogens with zero attached hydrogens (tertiary/aromatic N) is 4. The summed E-state index contributed by atoms with van der Waals surface area (Å²) in [6, 6.07) is 9.24. The van der Waals surface area contributed by atoms with Crippen LogP contribution in [0.3, 0.4) is 0 Å². The molecular formula is C23H30N4O2. The van der Waals surface area contributed by atoms with Gasteiger partial charge in [0.05, 0.1) is 6.20 Å². The Labute approximate surface area is 172 Å². The lowest BCUT2D eigenvalue weighted by Gasteiger charge is -2.37. The SMILES string of the molecule is O=C1CCCN1C1CCN(c2ccc(-c3cnn(C4CCCCO4)c3)cc2)CC1. The third kappa shape index (κ3) is 3.90. The summed E-state index contributed by atoms with van der Waals surface area (Å²) in [6.07, 6.45) is 11.4. The summed E-state index contributed by atoms with van der Waals surface area (Å²) in [6.45, 7) is 3.82. The quantitative estimate of drug-likeness (QED) is 0.791. The number of hydrogen-bond acceptors (Lipinski definition) is 4. The number of hydrogen-bond donors (Lipinski definition) is 0. The molecule has 0 saturated carbocycles. The topological polar surface area (TPSA) is 50.6 Å². The molecule has 3 saturated heterocycles. The maximum absolute atomic E-state index is 12.0. The fourth-order valence-corrected chi connectivity index (χ4v) is 4.93. The molecule has 4 heterocycles. The van der Waals surface area contributed by atoms with Crippen LogP contribution in [0.4, 0.5) is 5.69 Å². The van der Waals surface area contributed by atoms with Crippen molar-refractivity contribution in [3.05, 3.63) is 36.7 Å². The number of benzene rings is 1. The smallest absolute Gasteiger partial charge is 0.222 e. The van der Waals surface area contributed by atoms with Crippen molar-refractivity contribution in [1.29, 1.82) is 0 Å². The lowest BCUT2D eigenvalue weighted by molar-refractivity contribution is -0.130. The maximum Gasteiger partial charge on any atom is 0.222 e. The second kappa shape index (κ2) is 8.19. The van der Waals surface area contributed by atoms with Crippen LogP contribution in [0.15, 0.2) is 36.7 Å². The Kier molecular flexibility index (Phi) is 5.27. The van der Waals surface area contributed by atoms with Crippen molar-refractivity contribution in [2.75, 3.05) is 31.1 Å². The van der Waals surface area contributed by atoms with E-state index in [2.05, 4.69) is 45.4 Å². The first-order valence-electron chi connectivity index (χ1n) is 11.1. The Balaban J connectivity index is 1.21. The van der Waals surface area contributed by atoms with Crippen molar-refractivity contribution >= 4 is 11.6 Å². The van der Waals surface area contributed by atoms with E-state index in [1.165, 1.54) is 17.7 Å². The normalized spacial score (nSPS) is 23.7. The van der Waals surface area contributed by atoms with Gasteiger partial charge < -0.3 is 14.5 Å². The van der Waals surface area contributed by atoms with E-state index in [1.54, 1.807) is 0 Å². The summed E-state index contributed by atoms with van der Waals surface area (Å²) in [5, 5.41) is 4.53. The van der Waals surface area contributed by atoms with Gasteiger partial charge in [0.2, 0.25) is 5.91 Å². The van der Waals surface area contributed by atoms with Crippen LogP contribution in [0.1, 0.15) is 51.2 Å². The first kappa shape index (κ1) is 18.7. The predicted octanol–water partition coefficient (Wildman–Crippen LogP) is 3.84. The van der Waals surface area contributed by atoms with Crippen LogP contribution >= 0.6 is 0 Å². The first-order valence-corrected chi connectivity index (χ1v) is 11.1. The maximum atomic E-state index is 12.0. The molecule has 154 valence electrons. The summed E-state index contributed by atoms with van der Waals surface area (Å²) in [5.41, 5.74) is 3.59. The van der Waals surface area contributed by atoms with Gasteiger partial charge in [-0.2, -0.15) is 5.10 Å². The minimum atomic E-state index is 0.0838. The third-order valence-corrected chi connectivity index (χ3v) is 6.63. The van der Waals surface area contributed by atoms with Gasteiger partial charge in [-0.25, -0.2) is 4.68 Å². The van der Waals surface area contributed by atoms with Crippen molar-refractivity contribution in [1.82, 2.24) is 14.7 Å². The molecule has 1 aromatic carbocycles. The lowest BCUT2D eigenvalue weighted by atomic mass is 10.0. The number of rotatable bonds is 4. The highest BCUT2D eigenvalue weighted by molar-refractivity contribution is 5.78. The molecular weight excluding hydrogens is 364 g/mol. The van der Waals surface area contributed by atoms with Gasteiger partial charge in [0.25, 0.3) is 0 Å². The zero-order valence-electron chi connectivity index (χ0n) is 17.0. The second-order valence-corrected chi connectivity index (χ2v) is 8.49. The minimum Gasteiger partial charge on any atom is -0.371 e. The van der Waals surface area contributed by atoms with Gasteiger partial charge in [-0.15, -0.1) is 0 Å². The molecule has 0 N–H and O–H groups in total. The molecule has 0 aliphatic carbocycles. The van der Waals surface area contributed by atoms with E-state index in [9.17, 15) is 4.79 Å². The van der Waals surface area contributed by atoms with E-state index in [-0.39, 0.29) is 6.23 Å². The number of carbonyl (C=O) groups is 1. The average molecular weight is 395 g/mol. The summed E-state index contributed by atoms with van der Waals surface area (Å²) >= 11 is 0. The van der Waals surface area contributed by atoms with Crippen LogP contribution < -0.4 is 4.90 Å². The molecule has 1 aromatic heterocycles. The highest BCUT2D eigenvalue weighted by Gasteiger charge is 2.30. The van der Waals surface area contributed by atoms with Crippen LogP contribution in [0, 0.1) is 0 Å². The van der Waals surface area contributed by atoms with Crippen molar-refractivity contribution in [3.8, 4) is 11.1 Å². The van der Waals surface area contributed by atoms with E-state index >= 15 is 0 Å². The molecule has 29 heavy (non-hydrogen) atoms. The molecule has 2 aromatic rings. The van der Waals surface area contributed by atoms with Crippen molar-refractivity contribution in [2.24, 2.45) is 0 Å². The highest BCUT2D eigenvalue weighted by Crippen LogP contribution is 2.29. The second-order valence-electron chi connectivity index (χ2n) is 8.49. The van der Waals surface area contributed by atoms with Gasteiger partial charge in [0.1, 0.15) is 6.23 Å². The standard InChI is InChI=1S/C23H30N4O2/c28-22-4-3-12-26(22)21-10-13-25(14-11-21)20-8-6-18(7-9-20)19-16-24-27(17-19)23-5-1-2-15-29-23/h6-9,16-17,21,23H,1-5,10-15H2. The zero-order valence-corrected chi connectivity index (χ0v) is 17.0. The van der Waals surface area contributed by atoms with E-state index in [1.807, 2.05) is 10.9 Å². The molecule has 1 unspecified atom stereocenters. The zero-order chi connectivity index (χ0) is 19.6. The van der Waals surface area contributed by atoms with Gasteiger partial charge in [-0.1, -0.05) is 12.1 Å². The molecule has 0 radical (unpaired) electrons. The fraction of sp³-hybridized carbons (Fsp3) is 0.565. The van der Waals surface area contributed by atoms with Gasteiger partial charge in [0.15, 0.2) is 0 Å². The number of aromatic nitrogens is 2.